The molecule has 0 spiro atoms. The topological polar surface area (TPSA) is 38.3 Å². The van der Waals surface area contributed by atoms with Gasteiger partial charge in [-0.25, -0.2) is 0 Å². The first-order chi connectivity index (χ1) is 7.89. The van der Waals surface area contributed by atoms with Crippen molar-refractivity contribution < 1.29 is 9.53 Å². The second-order valence-corrected chi connectivity index (χ2v) is 6.18. The van der Waals surface area contributed by atoms with E-state index in [-0.39, 0.29) is 11.6 Å². The zero-order valence-electron chi connectivity index (χ0n) is 11.8. The Balaban J connectivity index is 3.76. The Morgan fingerprint density at radius 1 is 1.35 bits per heavy atom. The SMILES string of the molecule is CCCC(CSCC(=O)OC(C)(C)C)NCC. The van der Waals surface area contributed by atoms with Crippen molar-refractivity contribution in [2.24, 2.45) is 0 Å². The lowest BCUT2D eigenvalue weighted by Gasteiger charge is -2.20. The Bertz CT molecular complexity index is 208. The number of ether oxygens (including phenoxy) is 1. The van der Waals surface area contributed by atoms with Gasteiger partial charge in [0.2, 0.25) is 0 Å². The van der Waals surface area contributed by atoms with Crippen molar-refractivity contribution in [3.63, 3.8) is 0 Å². The molecule has 0 fully saturated rings. The van der Waals surface area contributed by atoms with Gasteiger partial charge in [0.15, 0.2) is 0 Å². The van der Waals surface area contributed by atoms with Gasteiger partial charge in [-0.3, -0.25) is 4.79 Å². The predicted molar refractivity (Wildman–Crippen MR) is 75.5 cm³/mol. The van der Waals surface area contributed by atoms with Crippen LogP contribution in [0.4, 0.5) is 0 Å². The van der Waals surface area contributed by atoms with Crippen LogP contribution in [0.15, 0.2) is 0 Å². The molecule has 0 saturated carbocycles. The third kappa shape index (κ3) is 10.6. The van der Waals surface area contributed by atoms with E-state index in [1.807, 2.05) is 20.8 Å². The van der Waals surface area contributed by atoms with Crippen LogP contribution in [-0.4, -0.2) is 35.7 Å². The molecule has 0 saturated heterocycles. The Morgan fingerprint density at radius 3 is 2.47 bits per heavy atom. The summed E-state index contributed by atoms with van der Waals surface area (Å²) in [4.78, 5) is 11.5. The van der Waals surface area contributed by atoms with Gasteiger partial charge in [0.05, 0.1) is 5.75 Å². The summed E-state index contributed by atoms with van der Waals surface area (Å²) in [6.45, 7) is 11.0. The van der Waals surface area contributed by atoms with Gasteiger partial charge in [-0.15, -0.1) is 11.8 Å². The number of thioether (sulfide) groups is 1. The molecule has 0 aromatic rings. The standard InChI is InChI=1S/C13H27NO2S/c1-6-8-11(14-7-2)9-17-10-12(15)16-13(3,4)5/h11,14H,6-10H2,1-5H3. The first-order valence-corrected chi connectivity index (χ1v) is 7.57. The van der Waals surface area contributed by atoms with Crippen molar-refractivity contribution in [1.29, 1.82) is 0 Å². The van der Waals surface area contributed by atoms with E-state index in [0.29, 0.717) is 11.8 Å². The summed E-state index contributed by atoms with van der Waals surface area (Å²) < 4.78 is 5.26. The summed E-state index contributed by atoms with van der Waals surface area (Å²) in [5, 5.41) is 3.43. The number of hydrogen-bond acceptors (Lipinski definition) is 4. The van der Waals surface area contributed by atoms with Crippen LogP contribution in [-0.2, 0) is 9.53 Å². The number of hydrogen-bond donors (Lipinski definition) is 1. The second kappa shape index (κ2) is 8.81. The van der Waals surface area contributed by atoms with E-state index >= 15 is 0 Å². The monoisotopic (exact) mass is 261 g/mol. The average molecular weight is 261 g/mol. The van der Waals surface area contributed by atoms with E-state index in [1.165, 1.54) is 6.42 Å². The third-order valence-electron chi connectivity index (χ3n) is 2.09. The summed E-state index contributed by atoms with van der Waals surface area (Å²) in [6, 6.07) is 0.512. The highest BCUT2D eigenvalue weighted by Gasteiger charge is 2.16. The van der Waals surface area contributed by atoms with Gasteiger partial charge in [-0.05, 0) is 33.7 Å². The number of carbonyl (C=O) groups is 1. The molecule has 102 valence electrons. The molecule has 1 N–H and O–H groups in total. The second-order valence-electron chi connectivity index (χ2n) is 5.14. The van der Waals surface area contributed by atoms with Gasteiger partial charge >= 0.3 is 5.97 Å². The quantitative estimate of drug-likeness (QED) is 0.682. The molecule has 0 aromatic carbocycles. The van der Waals surface area contributed by atoms with Crippen molar-refractivity contribution in [3.8, 4) is 0 Å². The highest BCUT2D eigenvalue weighted by atomic mass is 32.2. The summed E-state index contributed by atoms with van der Waals surface area (Å²) in [5.74, 6) is 1.30. The number of esters is 1. The van der Waals surface area contributed by atoms with Crippen LogP contribution in [0.25, 0.3) is 0 Å². The molecule has 0 bridgehead atoms. The van der Waals surface area contributed by atoms with E-state index < -0.39 is 0 Å². The van der Waals surface area contributed by atoms with Gasteiger partial charge in [-0.1, -0.05) is 20.3 Å². The maximum atomic E-state index is 11.5. The molecule has 0 amide bonds. The zero-order chi connectivity index (χ0) is 13.3. The van der Waals surface area contributed by atoms with E-state index in [9.17, 15) is 4.79 Å². The Hall–Kier alpha value is -0.220. The highest BCUT2D eigenvalue weighted by Crippen LogP contribution is 2.12. The molecule has 0 aromatic heterocycles. The van der Waals surface area contributed by atoms with E-state index in [4.69, 9.17) is 4.74 Å². The first kappa shape index (κ1) is 16.8. The lowest BCUT2D eigenvalue weighted by molar-refractivity contribution is -0.151. The molecular formula is C13H27NO2S. The Kier molecular flexibility index (Phi) is 8.70. The van der Waals surface area contributed by atoms with Crippen LogP contribution in [0.3, 0.4) is 0 Å². The van der Waals surface area contributed by atoms with Crippen molar-refractivity contribution >= 4 is 17.7 Å². The minimum absolute atomic E-state index is 0.116. The molecule has 0 aliphatic carbocycles. The molecule has 3 nitrogen and oxygen atoms in total. The lowest BCUT2D eigenvalue weighted by atomic mass is 10.2. The number of nitrogens with one attached hydrogen (secondary N) is 1. The molecule has 0 rings (SSSR count). The summed E-state index contributed by atoms with van der Waals surface area (Å²) in [6.07, 6.45) is 2.33. The minimum atomic E-state index is -0.373. The zero-order valence-corrected chi connectivity index (χ0v) is 12.7. The van der Waals surface area contributed by atoms with Crippen molar-refractivity contribution in [2.45, 2.75) is 59.1 Å². The van der Waals surface area contributed by atoms with Gasteiger partial charge in [0, 0.05) is 11.8 Å². The van der Waals surface area contributed by atoms with Crippen LogP contribution in [0.2, 0.25) is 0 Å². The predicted octanol–water partition coefficient (Wildman–Crippen LogP) is 2.84. The van der Waals surface area contributed by atoms with Crippen LogP contribution in [0, 0.1) is 0 Å². The summed E-state index contributed by atoms with van der Waals surface area (Å²) >= 11 is 1.65. The maximum Gasteiger partial charge on any atom is 0.316 e. The fraction of sp³-hybridized carbons (Fsp3) is 0.923. The molecule has 0 radical (unpaired) electrons. The van der Waals surface area contributed by atoms with Gasteiger partial charge in [0.1, 0.15) is 5.60 Å². The van der Waals surface area contributed by atoms with Gasteiger partial charge in [-0.2, -0.15) is 0 Å². The third-order valence-corrected chi connectivity index (χ3v) is 3.17. The van der Waals surface area contributed by atoms with E-state index in [1.54, 1.807) is 11.8 Å². The smallest absolute Gasteiger partial charge is 0.316 e. The lowest BCUT2D eigenvalue weighted by Crippen LogP contribution is -2.31. The van der Waals surface area contributed by atoms with Crippen molar-refractivity contribution in [2.75, 3.05) is 18.1 Å². The fourth-order valence-corrected chi connectivity index (χ4v) is 2.45. The molecule has 0 heterocycles. The first-order valence-electron chi connectivity index (χ1n) is 6.42. The fourth-order valence-electron chi connectivity index (χ4n) is 1.54. The number of rotatable bonds is 8. The normalized spacial score (nSPS) is 13.5. The largest absolute Gasteiger partial charge is 0.459 e. The van der Waals surface area contributed by atoms with Crippen molar-refractivity contribution in [3.05, 3.63) is 0 Å². The highest BCUT2D eigenvalue weighted by molar-refractivity contribution is 7.99. The van der Waals surface area contributed by atoms with Crippen LogP contribution >= 0.6 is 11.8 Å². The minimum Gasteiger partial charge on any atom is -0.459 e. The molecule has 1 unspecified atom stereocenters. The summed E-state index contributed by atoms with van der Waals surface area (Å²) in [5.41, 5.74) is -0.373. The van der Waals surface area contributed by atoms with E-state index in [2.05, 4.69) is 19.2 Å². The average Bonchev–Trinajstić information content (AvgIpc) is 2.15. The molecule has 17 heavy (non-hydrogen) atoms. The van der Waals surface area contributed by atoms with Crippen LogP contribution in [0.5, 0.6) is 0 Å². The molecule has 0 aliphatic heterocycles. The molecule has 4 heteroatoms. The number of carbonyl (C=O) groups excluding carboxylic acids is 1. The molecule has 0 aliphatic rings. The summed E-state index contributed by atoms with van der Waals surface area (Å²) in [7, 11) is 0. The van der Waals surface area contributed by atoms with Crippen LogP contribution < -0.4 is 5.32 Å². The van der Waals surface area contributed by atoms with Gasteiger partial charge in [0.25, 0.3) is 0 Å². The van der Waals surface area contributed by atoms with Crippen LogP contribution in [0.1, 0.15) is 47.5 Å². The molecule has 1 atom stereocenters. The van der Waals surface area contributed by atoms with Gasteiger partial charge < -0.3 is 10.1 Å². The Labute approximate surface area is 110 Å². The van der Waals surface area contributed by atoms with Crippen molar-refractivity contribution in [1.82, 2.24) is 5.32 Å². The Morgan fingerprint density at radius 2 is 2.00 bits per heavy atom. The maximum absolute atomic E-state index is 11.5. The molecular weight excluding hydrogens is 234 g/mol. The van der Waals surface area contributed by atoms with E-state index in [0.717, 1.165) is 18.7 Å².